The number of furan rings is 1. The second-order valence-corrected chi connectivity index (χ2v) is 11.7. The third-order valence-corrected chi connectivity index (χ3v) is 9.07. The maximum atomic E-state index is 6.63. The molecular formula is C38H26N4OS. The number of rotatable bonds is 5. The van der Waals surface area contributed by atoms with Crippen molar-refractivity contribution in [3.05, 3.63) is 139 Å². The predicted molar refractivity (Wildman–Crippen MR) is 182 cm³/mol. The Labute approximate surface area is 258 Å². The van der Waals surface area contributed by atoms with Crippen LogP contribution in [0.15, 0.2) is 132 Å². The summed E-state index contributed by atoms with van der Waals surface area (Å²) in [7, 11) is 0. The van der Waals surface area contributed by atoms with Gasteiger partial charge in [0.05, 0.1) is 5.56 Å². The molecule has 0 atom stereocenters. The van der Waals surface area contributed by atoms with Crippen LogP contribution in [0.2, 0.25) is 0 Å². The smallest absolute Gasteiger partial charge is 0.199 e. The van der Waals surface area contributed by atoms with E-state index in [9.17, 15) is 0 Å². The third kappa shape index (κ3) is 4.35. The highest BCUT2D eigenvalue weighted by atomic mass is 32.1. The minimum Gasteiger partial charge on any atom is -0.440 e. The lowest BCUT2D eigenvalue weighted by molar-refractivity contribution is 0.636. The molecule has 210 valence electrons. The first kappa shape index (κ1) is 26.1. The lowest BCUT2D eigenvalue weighted by atomic mass is 9.97. The number of fused-ring (bicyclic) bond motifs is 4. The number of nitrogen functional groups attached to an aromatic ring is 1. The summed E-state index contributed by atoms with van der Waals surface area (Å²) in [5.74, 6) is 2.05. The van der Waals surface area contributed by atoms with Gasteiger partial charge in [-0.15, -0.1) is 11.3 Å². The van der Waals surface area contributed by atoms with Gasteiger partial charge in [0.2, 0.25) is 0 Å². The minimum atomic E-state index is 0.326. The minimum absolute atomic E-state index is 0.326. The normalized spacial score (nSPS) is 12.0. The van der Waals surface area contributed by atoms with Gasteiger partial charge in [-0.3, -0.25) is 0 Å². The molecule has 44 heavy (non-hydrogen) atoms. The van der Waals surface area contributed by atoms with E-state index in [1.54, 1.807) is 0 Å². The molecule has 0 aliphatic carbocycles. The van der Waals surface area contributed by atoms with Gasteiger partial charge in [-0.2, -0.15) is 0 Å². The van der Waals surface area contributed by atoms with E-state index in [4.69, 9.17) is 25.1 Å². The summed E-state index contributed by atoms with van der Waals surface area (Å²) in [6, 6.07) is 41.3. The van der Waals surface area contributed by atoms with E-state index in [0.717, 1.165) is 33.2 Å². The third-order valence-electron chi connectivity index (χ3n) is 7.93. The number of nitrogens with zero attached hydrogens (tertiary/aromatic N) is 3. The summed E-state index contributed by atoms with van der Waals surface area (Å²) in [6.07, 6.45) is 1.99. The molecule has 0 unspecified atom stereocenters. The van der Waals surface area contributed by atoms with E-state index in [1.807, 2.05) is 85.0 Å². The Morgan fingerprint density at radius 1 is 0.659 bits per heavy atom. The Morgan fingerprint density at radius 3 is 2.02 bits per heavy atom. The molecule has 0 amide bonds. The van der Waals surface area contributed by atoms with Gasteiger partial charge in [0.15, 0.2) is 23.4 Å². The van der Waals surface area contributed by atoms with Gasteiger partial charge < -0.3 is 10.2 Å². The number of benzene rings is 5. The summed E-state index contributed by atoms with van der Waals surface area (Å²) in [6.45, 7) is 1.97. The zero-order valence-corrected chi connectivity index (χ0v) is 24.7. The molecule has 0 spiro atoms. The van der Waals surface area contributed by atoms with Crippen LogP contribution in [-0.2, 0) is 0 Å². The van der Waals surface area contributed by atoms with Crippen molar-refractivity contribution in [3.63, 3.8) is 0 Å². The molecule has 0 bridgehead atoms. The molecule has 3 aromatic heterocycles. The predicted octanol–water partition coefficient (Wildman–Crippen LogP) is 10.0. The number of allylic oxidation sites excluding steroid dienone is 1. The molecule has 5 aromatic carbocycles. The van der Waals surface area contributed by atoms with Crippen molar-refractivity contribution in [1.29, 1.82) is 0 Å². The van der Waals surface area contributed by atoms with Gasteiger partial charge in [0, 0.05) is 42.3 Å². The fourth-order valence-electron chi connectivity index (χ4n) is 5.89. The quantitative estimate of drug-likeness (QED) is 0.217. The molecule has 6 heteroatoms. The summed E-state index contributed by atoms with van der Waals surface area (Å²) in [5, 5.41) is 3.43. The summed E-state index contributed by atoms with van der Waals surface area (Å²) < 4.78 is 8.78. The Kier molecular flexibility index (Phi) is 6.28. The molecule has 0 fully saturated rings. The van der Waals surface area contributed by atoms with Gasteiger partial charge in [0.1, 0.15) is 5.58 Å². The molecule has 0 radical (unpaired) electrons. The van der Waals surface area contributed by atoms with E-state index < -0.39 is 0 Å². The average molecular weight is 587 g/mol. The van der Waals surface area contributed by atoms with Crippen LogP contribution in [0.1, 0.15) is 18.3 Å². The fourth-order valence-corrected chi connectivity index (χ4v) is 7.02. The molecule has 0 aliphatic heterocycles. The molecule has 0 aliphatic rings. The lowest BCUT2D eigenvalue weighted by Crippen LogP contribution is -2.04. The molecule has 3 heterocycles. The lowest BCUT2D eigenvalue weighted by Gasteiger charge is -2.11. The fraction of sp³-hybridized carbons (Fsp3) is 0.0263. The number of hydrogen-bond donors (Lipinski definition) is 1. The van der Waals surface area contributed by atoms with Crippen molar-refractivity contribution in [2.45, 2.75) is 6.92 Å². The standard InChI is InChI=1S/C38H26N4OS/c1-2-26(38-41-36(23-12-5-3-6-13-23)40-37(42-38)24-14-7-4-8-15-24)34-28-21-20-25(22-30(28)43-35(34)39)27-17-11-19-32-33(27)29-16-9-10-18-31(29)44-32/h2-22H,39H2,1H3/b26-2+. The highest BCUT2D eigenvalue weighted by molar-refractivity contribution is 7.25. The largest absolute Gasteiger partial charge is 0.440 e. The molecular weight excluding hydrogens is 561 g/mol. The van der Waals surface area contributed by atoms with Crippen LogP contribution in [0.5, 0.6) is 0 Å². The Morgan fingerprint density at radius 2 is 1.32 bits per heavy atom. The molecule has 0 saturated carbocycles. The second-order valence-electron chi connectivity index (χ2n) is 10.6. The van der Waals surface area contributed by atoms with Crippen molar-refractivity contribution in [2.24, 2.45) is 0 Å². The maximum Gasteiger partial charge on any atom is 0.199 e. The van der Waals surface area contributed by atoms with Gasteiger partial charge in [-0.05, 0) is 42.3 Å². The summed E-state index contributed by atoms with van der Waals surface area (Å²) >= 11 is 1.81. The Bertz CT molecular complexity index is 2300. The van der Waals surface area contributed by atoms with Crippen LogP contribution in [0.25, 0.3) is 70.6 Å². The first-order chi connectivity index (χ1) is 21.7. The van der Waals surface area contributed by atoms with Crippen molar-refractivity contribution >= 4 is 53.9 Å². The number of hydrogen-bond acceptors (Lipinski definition) is 6. The molecule has 8 rings (SSSR count). The molecule has 8 aromatic rings. The van der Waals surface area contributed by atoms with E-state index in [1.165, 1.54) is 25.7 Å². The van der Waals surface area contributed by atoms with Crippen molar-refractivity contribution in [2.75, 3.05) is 5.73 Å². The maximum absolute atomic E-state index is 6.63. The Hall–Kier alpha value is -5.59. The van der Waals surface area contributed by atoms with Gasteiger partial charge in [-0.1, -0.05) is 103 Å². The van der Waals surface area contributed by atoms with Crippen LogP contribution in [0, 0.1) is 0 Å². The van der Waals surface area contributed by atoms with Crippen LogP contribution in [0.3, 0.4) is 0 Å². The number of aromatic nitrogens is 3. The number of thiophene rings is 1. The molecule has 2 N–H and O–H groups in total. The molecule has 5 nitrogen and oxygen atoms in total. The van der Waals surface area contributed by atoms with Gasteiger partial charge >= 0.3 is 0 Å². The summed E-state index contributed by atoms with van der Waals surface area (Å²) in [4.78, 5) is 14.7. The highest BCUT2D eigenvalue weighted by Crippen LogP contribution is 2.42. The number of anilines is 1. The Balaban J connectivity index is 1.28. The van der Waals surface area contributed by atoms with Gasteiger partial charge in [0.25, 0.3) is 0 Å². The first-order valence-electron chi connectivity index (χ1n) is 14.4. The average Bonchev–Trinajstić information content (AvgIpc) is 3.62. The van der Waals surface area contributed by atoms with Crippen molar-refractivity contribution in [3.8, 4) is 33.9 Å². The van der Waals surface area contributed by atoms with Crippen LogP contribution >= 0.6 is 11.3 Å². The van der Waals surface area contributed by atoms with Crippen LogP contribution in [0.4, 0.5) is 5.88 Å². The molecule has 0 saturated heterocycles. The zero-order chi connectivity index (χ0) is 29.6. The van der Waals surface area contributed by atoms with E-state index >= 15 is 0 Å². The van der Waals surface area contributed by atoms with Crippen LogP contribution in [-0.4, -0.2) is 15.0 Å². The topological polar surface area (TPSA) is 77.8 Å². The van der Waals surface area contributed by atoms with Crippen molar-refractivity contribution in [1.82, 2.24) is 15.0 Å². The van der Waals surface area contributed by atoms with E-state index in [2.05, 4.69) is 60.7 Å². The summed E-state index contributed by atoms with van der Waals surface area (Å²) in [5.41, 5.74) is 13.0. The van der Waals surface area contributed by atoms with Gasteiger partial charge in [-0.25, -0.2) is 15.0 Å². The zero-order valence-electron chi connectivity index (χ0n) is 23.9. The van der Waals surface area contributed by atoms with Crippen LogP contribution < -0.4 is 5.73 Å². The van der Waals surface area contributed by atoms with E-state index in [-0.39, 0.29) is 0 Å². The number of nitrogens with two attached hydrogens (primary N) is 1. The van der Waals surface area contributed by atoms with Crippen molar-refractivity contribution < 1.29 is 4.42 Å². The highest BCUT2D eigenvalue weighted by Gasteiger charge is 2.22. The SMILES string of the molecule is C/C=C(/c1nc(-c2ccccc2)nc(-c2ccccc2)n1)c1c(N)oc2cc(-c3cccc4sc5ccccc5c34)ccc12. The van der Waals surface area contributed by atoms with E-state index in [0.29, 0.717) is 28.9 Å². The second kappa shape index (κ2) is 10.6. The monoisotopic (exact) mass is 586 g/mol. The first-order valence-corrected chi connectivity index (χ1v) is 15.3.